The number of alkyl halides is 3. The molecule has 0 radical (unpaired) electrons. The molecule has 5 heteroatoms. The molecule has 0 atom stereocenters. The van der Waals surface area contributed by atoms with Crippen molar-refractivity contribution in [2.45, 2.75) is 31.0 Å². The summed E-state index contributed by atoms with van der Waals surface area (Å²) in [6.07, 6.45) is -3.50. The van der Waals surface area contributed by atoms with E-state index in [1.54, 1.807) is 6.07 Å². The Hall–Kier alpha value is -1.85. The van der Waals surface area contributed by atoms with Crippen LogP contribution in [0.25, 0.3) is 0 Å². The Labute approximate surface area is 145 Å². The number of piperidine rings is 1. The largest absolute Gasteiger partial charge is 0.416 e. The van der Waals surface area contributed by atoms with Gasteiger partial charge in [0.25, 0.3) is 0 Å². The number of nitrogens with zero attached hydrogens (tertiary/aromatic N) is 1. The fourth-order valence-electron chi connectivity index (χ4n) is 3.59. The number of likely N-dealkylation sites (tertiary alicyclic amines) is 1. The van der Waals surface area contributed by atoms with Gasteiger partial charge in [0.2, 0.25) is 0 Å². The number of rotatable bonds is 3. The van der Waals surface area contributed by atoms with E-state index < -0.39 is 17.3 Å². The van der Waals surface area contributed by atoms with E-state index in [-0.39, 0.29) is 5.56 Å². The van der Waals surface area contributed by atoms with E-state index in [1.807, 2.05) is 42.3 Å². The van der Waals surface area contributed by atoms with Crippen molar-refractivity contribution in [1.82, 2.24) is 4.90 Å². The highest BCUT2D eigenvalue weighted by molar-refractivity contribution is 5.44. The highest BCUT2D eigenvalue weighted by Crippen LogP contribution is 2.43. The number of aliphatic hydroxyl groups is 1. The first-order chi connectivity index (χ1) is 11.8. The second-order valence-corrected chi connectivity index (χ2v) is 6.83. The molecule has 1 N–H and O–H groups in total. The predicted octanol–water partition coefficient (Wildman–Crippen LogP) is 4.21. The third-order valence-electron chi connectivity index (χ3n) is 4.97. The van der Waals surface area contributed by atoms with Gasteiger partial charge in [0.05, 0.1) is 11.2 Å². The van der Waals surface area contributed by atoms with E-state index in [0.717, 1.165) is 11.6 Å². The van der Waals surface area contributed by atoms with Crippen molar-refractivity contribution in [3.05, 3.63) is 70.8 Å². The van der Waals surface area contributed by atoms with Gasteiger partial charge in [-0.15, -0.1) is 0 Å². The van der Waals surface area contributed by atoms with Crippen LogP contribution < -0.4 is 0 Å². The monoisotopic (exact) mass is 349 g/mol. The second kappa shape index (κ2) is 6.81. The zero-order valence-corrected chi connectivity index (χ0v) is 14.2. The van der Waals surface area contributed by atoms with Gasteiger partial charge in [-0.25, -0.2) is 0 Å². The SMILES string of the molecule is CN1CCC(O)(c2c(Cc3ccccc3)cccc2C(F)(F)F)CC1. The van der Waals surface area contributed by atoms with Crippen molar-refractivity contribution in [3.63, 3.8) is 0 Å². The summed E-state index contributed by atoms with van der Waals surface area (Å²) in [5.74, 6) is 0. The van der Waals surface area contributed by atoms with Crippen molar-refractivity contribution in [1.29, 1.82) is 0 Å². The summed E-state index contributed by atoms with van der Waals surface area (Å²) >= 11 is 0. The Morgan fingerprint density at radius 1 is 1.00 bits per heavy atom. The molecule has 2 aromatic rings. The third kappa shape index (κ3) is 3.88. The number of hydrogen-bond acceptors (Lipinski definition) is 2. The van der Waals surface area contributed by atoms with Crippen LogP contribution in [0.5, 0.6) is 0 Å². The average Bonchev–Trinajstić information content (AvgIpc) is 2.58. The minimum absolute atomic E-state index is 0.0550. The Bertz CT molecular complexity index is 719. The summed E-state index contributed by atoms with van der Waals surface area (Å²) in [6.45, 7) is 1.15. The molecule has 0 aliphatic carbocycles. The van der Waals surface area contributed by atoms with Crippen molar-refractivity contribution >= 4 is 0 Å². The molecule has 0 aromatic heterocycles. The van der Waals surface area contributed by atoms with Gasteiger partial charge in [0.1, 0.15) is 0 Å². The molecule has 2 nitrogen and oxygen atoms in total. The molecule has 0 saturated carbocycles. The molecule has 25 heavy (non-hydrogen) atoms. The lowest BCUT2D eigenvalue weighted by Crippen LogP contribution is -2.42. The molecule has 0 amide bonds. The maximum Gasteiger partial charge on any atom is 0.416 e. The van der Waals surface area contributed by atoms with Crippen LogP contribution in [0, 0.1) is 0 Å². The van der Waals surface area contributed by atoms with E-state index in [9.17, 15) is 18.3 Å². The molecule has 1 aliphatic heterocycles. The van der Waals surface area contributed by atoms with Crippen LogP contribution in [0.4, 0.5) is 13.2 Å². The van der Waals surface area contributed by atoms with Crippen LogP contribution in [-0.4, -0.2) is 30.1 Å². The molecule has 0 bridgehead atoms. The molecular formula is C20H22F3NO. The van der Waals surface area contributed by atoms with Crippen LogP contribution in [0.1, 0.15) is 35.1 Å². The number of halogens is 3. The first-order valence-electron chi connectivity index (χ1n) is 8.44. The van der Waals surface area contributed by atoms with E-state index >= 15 is 0 Å². The number of benzene rings is 2. The summed E-state index contributed by atoms with van der Waals surface area (Å²) in [4.78, 5) is 2.03. The Balaban J connectivity index is 2.09. The molecule has 1 aliphatic rings. The van der Waals surface area contributed by atoms with Crippen molar-refractivity contribution in [3.8, 4) is 0 Å². The van der Waals surface area contributed by atoms with Crippen LogP contribution >= 0.6 is 0 Å². The standard InChI is InChI=1S/C20H22F3NO/c1-24-12-10-19(25,11-13-24)18-16(14-15-6-3-2-4-7-15)8-5-9-17(18)20(21,22)23/h2-9,25H,10-14H2,1H3. The van der Waals surface area contributed by atoms with E-state index in [4.69, 9.17) is 0 Å². The second-order valence-electron chi connectivity index (χ2n) is 6.83. The van der Waals surface area contributed by atoms with Gasteiger partial charge in [0, 0.05) is 13.1 Å². The zero-order valence-electron chi connectivity index (χ0n) is 14.2. The normalized spacial score (nSPS) is 18.3. The van der Waals surface area contributed by atoms with Gasteiger partial charge in [-0.3, -0.25) is 0 Å². The van der Waals surface area contributed by atoms with Crippen LogP contribution in [0.15, 0.2) is 48.5 Å². The fourth-order valence-corrected chi connectivity index (χ4v) is 3.59. The minimum Gasteiger partial charge on any atom is -0.385 e. The Kier molecular flexibility index (Phi) is 4.89. The van der Waals surface area contributed by atoms with Crippen molar-refractivity contribution in [2.24, 2.45) is 0 Å². The highest BCUT2D eigenvalue weighted by Gasteiger charge is 2.43. The maximum absolute atomic E-state index is 13.6. The maximum atomic E-state index is 13.6. The summed E-state index contributed by atoms with van der Waals surface area (Å²) in [5, 5.41) is 11.1. The smallest absolute Gasteiger partial charge is 0.385 e. The van der Waals surface area contributed by atoms with E-state index in [1.165, 1.54) is 6.07 Å². The quantitative estimate of drug-likeness (QED) is 0.897. The Morgan fingerprint density at radius 3 is 2.24 bits per heavy atom. The van der Waals surface area contributed by atoms with Gasteiger partial charge in [-0.05, 0) is 49.1 Å². The molecule has 3 rings (SSSR count). The Morgan fingerprint density at radius 2 is 1.64 bits per heavy atom. The summed E-state index contributed by atoms with van der Waals surface area (Å²) < 4.78 is 40.9. The van der Waals surface area contributed by atoms with Gasteiger partial charge < -0.3 is 10.0 Å². The average molecular weight is 349 g/mol. The topological polar surface area (TPSA) is 23.5 Å². The minimum atomic E-state index is -4.49. The first-order valence-corrected chi connectivity index (χ1v) is 8.44. The molecule has 1 fully saturated rings. The lowest BCUT2D eigenvalue weighted by Gasteiger charge is -2.39. The molecule has 1 heterocycles. The predicted molar refractivity (Wildman–Crippen MR) is 91.3 cm³/mol. The van der Waals surface area contributed by atoms with Crippen LogP contribution in [0.3, 0.4) is 0 Å². The molecule has 0 spiro atoms. The summed E-state index contributed by atoms with van der Waals surface area (Å²) in [6, 6.07) is 13.6. The van der Waals surface area contributed by atoms with Crippen molar-refractivity contribution < 1.29 is 18.3 Å². The summed E-state index contributed by atoms with van der Waals surface area (Å²) in [7, 11) is 1.92. The van der Waals surface area contributed by atoms with Crippen LogP contribution in [0.2, 0.25) is 0 Å². The molecular weight excluding hydrogens is 327 g/mol. The van der Waals surface area contributed by atoms with Crippen molar-refractivity contribution in [2.75, 3.05) is 20.1 Å². The molecule has 134 valence electrons. The molecule has 1 saturated heterocycles. The van der Waals surface area contributed by atoms with Gasteiger partial charge >= 0.3 is 6.18 Å². The lowest BCUT2D eigenvalue weighted by molar-refractivity contribution is -0.141. The fraction of sp³-hybridized carbons (Fsp3) is 0.400. The van der Waals surface area contributed by atoms with Gasteiger partial charge in [-0.2, -0.15) is 13.2 Å². The highest BCUT2D eigenvalue weighted by atomic mass is 19.4. The lowest BCUT2D eigenvalue weighted by atomic mass is 9.78. The molecule has 0 unspecified atom stereocenters. The molecule has 2 aromatic carbocycles. The number of hydrogen-bond donors (Lipinski definition) is 1. The van der Waals surface area contributed by atoms with E-state index in [2.05, 4.69) is 0 Å². The van der Waals surface area contributed by atoms with Crippen LogP contribution in [-0.2, 0) is 18.2 Å². The third-order valence-corrected chi connectivity index (χ3v) is 4.97. The summed E-state index contributed by atoms with van der Waals surface area (Å²) in [5.41, 5.74) is -0.622. The van der Waals surface area contributed by atoms with Gasteiger partial charge in [-0.1, -0.05) is 42.5 Å². The zero-order chi connectivity index (χ0) is 18.1. The first kappa shape index (κ1) is 18.0. The van der Waals surface area contributed by atoms with E-state index in [0.29, 0.717) is 37.9 Å². The van der Waals surface area contributed by atoms with Gasteiger partial charge in [0.15, 0.2) is 0 Å².